The second kappa shape index (κ2) is 6.39. The Labute approximate surface area is 104 Å². The van der Waals surface area contributed by atoms with Crippen LogP contribution in [-0.4, -0.2) is 23.7 Å². The number of aliphatic hydroxyl groups excluding tert-OH is 1. The number of aliphatic hydroxyl groups is 1. The maximum absolute atomic E-state index is 12.0. The summed E-state index contributed by atoms with van der Waals surface area (Å²) in [6.45, 7) is 0.309. The van der Waals surface area contributed by atoms with E-state index in [9.17, 15) is 4.79 Å². The number of hydrogen-bond acceptors (Lipinski definition) is 2. The van der Waals surface area contributed by atoms with Crippen LogP contribution in [0.25, 0.3) is 0 Å². The van der Waals surface area contributed by atoms with Crippen LogP contribution in [0.15, 0.2) is 0 Å². The Hall–Kier alpha value is -0.570. The van der Waals surface area contributed by atoms with Crippen molar-refractivity contribution >= 4 is 5.91 Å². The molecule has 1 amide bonds. The minimum atomic E-state index is 0.296. The highest BCUT2D eigenvalue weighted by Gasteiger charge is 2.27. The molecule has 3 nitrogen and oxygen atoms in total. The largest absolute Gasteiger partial charge is 0.396 e. The molecular weight excluding hydrogens is 214 g/mol. The number of carbonyl (C=O) groups is 1. The van der Waals surface area contributed by atoms with E-state index in [0.29, 0.717) is 30.4 Å². The summed E-state index contributed by atoms with van der Waals surface area (Å²) in [6.07, 6.45) is 10.1. The van der Waals surface area contributed by atoms with Gasteiger partial charge in [0.15, 0.2) is 0 Å². The van der Waals surface area contributed by atoms with Gasteiger partial charge in [0, 0.05) is 18.6 Å². The molecule has 0 saturated heterocycles. The predicted octanol–water partition coefficient (Wildman–Crippen LogP) is 2.23. The molecule has 0 unspecified atom stereocenters. The lowest BCUT2D eigenvalue weighted by molar-refractivity contribution is -0.125. The zero-order valence-corrected chi connectivity index (χ0v) is 10.7. The van der Waals surface area contributed by atoms with E-state index in [2.05, 4.69) is 5.32 Å². The molecule has 98 valence electrons. The SMILES string of the molecule is O=C(NC1CCC(CCO)CC1)C1CCCC1. The van der Waals surface area contributed by atoms with Crippen molar-refractivity contribution in [1.82, 2.24) is 5.32 Å². The first kappa shape index (κ1) is 12.9. The van der Waals surface area contributed by atoms with E-state index in [4.69, 9.17) is 5.11 Å². The number of amides is 1. The first-order chi connectivity index (χ1) is 8.29. The molecule has 0 aliphatic heterocycles. The van der Waals surface area contributed by atoms with Crippen molar-refractivity contribution in [1.29, 1.82) is 0 Å². The summed E-state index contributed by atoms with van der Waals surface area (Å²) in [4.78, 5) is 12.0. The first-order valence-electron chi connectivity index (χ1n) is 7.21. The molecule has 2 fully saturated rings. The van der Waals surface area contributed by atoms with Crippen molar-refractivity contribution in [3.63, 3.8) is 0 Å². The van der Waals surface area contributed by atoms with Crippen molar-refractivity contribution in [2.24, 2.45) is 11.8 Å². The van der Waals surface area contributed by atoms with E-state index in [1.54, 1.807) is 0 Å². The van der Waals surface area contributed by atoms with Crippen LogP contribution in [-0.2, 0) is 4.79 Å². The Balaban J connectivity index is 1.68. The highest BCUT2D eigenvalue weighted by molar-refractivity contribution is 5.79. The average molecular weight is 239 g/mol. The van der Waals surface area contributed by atoms with Crippen LogP contribution in [0.3, 0.4) is 0 Å². The van der Waals surface area contributed by atoms with Crippen LogP contribution in [0.5, 0.6) is 0 Å². The van der Waals surface area contributed by atoms with Crippen LogP contribution in [0.4, 0.5) is 0 Å². The highest BCUT2D eigenvalue weighted by atomic mass is 16.3. The monoisotopic (exact) mass is 239 g/mol. The minimum Gasteiger partial charge on any atom is -0.396 e. The molecule has 0 radical (unpaired) electrons. The lowest BCUT2D eigenvalue weighted by atomic mass is 9.84. The highest BCUT2D eigenvalue weighted by Crippen LogP contribution is 2.28. The fourth-order valence-corrected chi connectivity index (χ4v) is 3.29. The summed E-state index contributed by atoms with van der Waals surface area (Å²) < 4.78 is 0. The van der Waals surface area contributed by atoms with Gasteiger partial charge in [-0.25, -0.2) is 0 Å². The molecule has 2 aliphatic rings. The predicted molar refractivity (Wildman–Crippen MR) is 67.5 cm³/mol. The lowest BCUT2D eigenvalue weighted by Gasteiger charge is -2.29. The topological polar surface area (TPSA) is 49.3 Å². The van der Waals surface area contributed by atoms with Crippen molar-refractivity contribution < 1.29 is 9.90 Å². The van der Waals surface area contributed by atoms with Crippen LogP contribution in [0.2, 0.25) is 0 Å². The van der Waals surface area contributed by atoms with Gasteiger partial charge in [0.05, 0.1) is 0 Å². The van der Waals surface area contributed by atoms with E-state index in [1.165, 1.54) is 12.8 Å². The fourth-order valence-electron chi connectivity index (χ4n) is 3.29. The van der Waals surface area contributed by atoms with Gasteiger partial charge in [0.1, 0.15) is 0 Å². The molecule has 17 heavy (non-hydrogen) atoms. The molecule has 2 saturated carbocycles. The summed E-state index contributed by atoms with van der Waals surface area (Å²) in [7, 11) is 0. The minimum absolute atomic E-state index is 0.296. The Morgan fingerprint density at radius 3 is 2.29 bits per heavy atom. The Morgan fingerprint density at radius 2 is 1.71 bits per heavy atom. The fraction of sp³-hybridized carbons (Fsp3) is 0.929. The molecule has 0 atom stereocenters. The molecule has 0 aromatic rings. The van der Waals surface area contributed by atoms with Gasteiger partial charge in [-0.1, -0.05) is 12.8 Å². The maximum Gasteiger partial charge on any atom is 0.223 e. The van der Waals surface area contributed by atoms with Crippen LogP contribution in [0, 0.1) is 11.8 Å². The lowest BCUT2D eigenvalue weighted by Crippen LogP contribution is -2.40. The van der Waals surface area contributed by atoms with Crippen molar-refractivity contribution in [3.05, 3.63) is 0 Å². The Bertz CT molecular complexity index is 241. The molecule has 0 aromatic heterocycles. The standard InChI is InChI=1S/C14H25NO2/c16-10-9-11-5-7-13(8-6-11)15-14(17)12-3-1-2-4-12/h11-13,16H,1-10H2,(H,15,17). The van der Waals surface area contributed by atoms with Crippen LogP contribution >= 0.6 is 0 Å². The van der Waals surface area contributed by atoms with Crippen LogP contribution < -0.4 is 5.32 Å². The summed E-state index contributed by atoms with van der Waals surface area (Å²) in [5.41, 5.74) is 0. The Morgan fingerprint density at radius 1 is 1.06 bits per heavy atom. The average Bonchev–Trinajstić information content (AvgIpc) is 2.86. The quantitative estimate of drug-likeness (QED) is 0.790. The molecular formula is C14H25NO2. The van der Waals surface area contributed by atoms with Gasteiger partial charge in [-0.2, -0.15) is 0 Å². The van der Waals surface area contributed by atoms with E-state index in [1.807, 2.05) is 0 Å². The molecule has 0 aromatic carbocycles. The number of nitrogens with one attached hydrogen (secondary N) is 1. The summed E-state index contributed by atoms with van der Waals surface area (Å²) in [5, 5.41) is 12.1. The second-order valence-electron chi connectivity index (χ2n) is 5.72. The maximum atomic E-state index is 12.0. The summed E-state index contributed by atoms with van der Waals surface area (Å²) in [6, 6.07) is 0.401. The third-order valence-corrected chi connectivity index (χ3v) is 4.46. The van der Waals surface area contributed by atoms with Crippen LogP contribution in [0.1, 0.15) is 57.8 Å². The molecule has 0 heterocycles. The van der Waals surface area contributed by atoms with Crippen molar-refractivity contribution in [2.45, 2.75) is 63.8 Å². The molecule has 2 rings (SSSR count). The van der Waals surface area contributed by atoms with E-state index < -0.39 is 0 Å². The summed E-state index contributed by atoms with van der Waals surface area (Å²) in [5.74, 6) is 1.28. The van der Waals surface area contributed by atoms with Gasteiger partial charge < -0.3 is 10.4 Å². The molecule has 0 bridgehead atoms. The van der Waals surface area contributed by atoms with Gasteiger partial charge in [-0.05, 0) is 50.9 Å². The van der Waals surface area contributed by atoms with E-state index in [0.717, 1.165) is 44.9 Å². The van der Waals surface area contributed by atoms with Crippen molar-refractivity contribution in [2.75, 3.05) is 6.61 Å². The van der Waals surface area contributed by atoms with Gasteiger partial charge in [0.25, 0.3) is 0 Å². The zero-order valence-electron chi connectivity index (χ0n) is 10.7. The van der Waals surface area contributed by atoms with Gasteiger partial charge in [-0.3, -0.25) is 4.79 Å². The van der Waals surface area contributed by atoms with E-state index in [-0.39, 0.29) is 0 Å². The van der Waals surface area contributed by atoms with Gasteiger partial charge in [-0.15, -0.1) is 0 Å². The third-order valence-electron chi connectivity index (χ3n) is 4.46. The normalized spacial score (nSPS) is 30.4. The van der Waals surface area contributed by atoms with Gasteiger partial charge >= 0.3 is 0 Å². The molecule has 2 aliphatic carbocycles. The van der Waals surface area contributed by atoms with E-state index >= 15 is 0 Å². The van der Waals surface area contributed by atoms with Crippen molar-refractivity contribution in [3.8, 4) is 0 Å². The van der Waals surface area contributed by atoms with Gasteiger partial charge in [0.2, 0.25) is 5.91 Å². The summed E-state index contributed by atoms with van der Waals surface area (Å²) >= 11 is 0. The first-order valence-corrected chi connectivity index (χ1v) is 7.21. The number of hydrogen-bond donors (Lipinski definition) is 2. The number of rotatable bonds is 4. The third kappa shape index (κ3) is 3.70. The second-order valence-corrected chi connectivity index (χ2v) is 5.72. The number of carbonyl (C=O) groups excluding carboxylic acids is 1. The molecule has 0 spiro atoms. The molecule has 2 N–H and O–H groups in total. The zero-order chi connectivity index (χ0) is 12.1. The molecule has 3 heteroatoms. The smallest absolute Gasteiger partial charge is 0.223 e. The Kier molecular flexibility index (Phi) is 4.84.